The zero-order chi connectivity index (χ0) is 23.8. The van der Waals surface area contributed by atoms with E-state index in [4.69, 9.17) is 0 Å². The number of rotatable bonds is 4. The molecule has 1 heterocycles. The zero-order valence-corrected chi connectivity index (χ0v) is 17.9. The molecule has 0 spiro atoms. The van der Waals surface area contributed by atoms with E-state index in [1.54, 1.807) is 18.2 Å². The molecule has 0 saturated carbocycles. The Morgan fingerprint density at radius 2 is 1.67 bits per heavy atom. The van der Waals surface area contributed by atoms with Gasteiger partial charge in [0, 0.05) is 6.54 Å². The first kappa shape index (κ1) is 22.8. The van der Waals surface area contributed by atoms with Crippen molar-refractivity contribution in [1.29, 1.82) is 0 Å². The Balaban J connectivity index is 1.69. The molecule has 0 saturated heterocycles. The summed E-state index contributed by atoms with van der Waals surface area (Å²) < 4.78 is 81.9. The Bertz CT molecular complexity index is 1320. The van der Waals surface area contributed by atoms with Gasteiger partial charge in [0.2, 0.25) is 0 Å². The van der Waals surface area contributed by atoms with Crippen molar-refractivity contribution in [3.63, 3.8) is 0 Å². The summed E-state index contributed by atoms with van der Waals surface area (Å²) in [5, 5.41) is 2.04. The quantitative estimate of drug-likeness (QED) is 0.522. The van der Waals surface area contributed by atoms with Crippen LogP contribution >= 0.6 is 0 Å². The normalized spacial score (nSPS) is 14.0. The summed E-state index contributed by atoms with van der Waals surface area (Å²) in [5.74, 6) is -2.25. The van der Waals surface area contributed by atoms with E-state index >= 15 is 0 Å². The minimum atomic E-state index is -4.74. The molecule has 3 aromatic rings. The number of hydrogen-bond donors (Lipinski definition) is 1. The van der Waals surface area contributed by atoms with Gasteiger partial charge >= 0.3 is 6.18 Å². The van der Waals surface area contributed by atoms with Gasteiger partial charge in [0.25, 0.3) is 15.9 Å². The second-order valence-corrected chi connectivity index (χ2v) is 9.31. The van der Waals surface area contributed by atoms with Crippen molar-refractivity contribution in [2.45, 2.75) is 23.9 Å². The molecule has 0 radical (unpaired) electrons. The van der Waals surface area contributed by atoms with E-state index in [2.05, 4.69) is 0 Å². The number of anilines is 2. The number of aryl methyl sites for hydroxylation is 1. The number of fused-ring (bicyclic) bond motifs is 1. The van der Waals surface area contributed by atoms with Crippen molar-refractivity contribution in [3.8, 4) is 0 Å². The van der Waals surface area contributed by atoms with Crippen LogP contribution in [-0.2, 0) is 22.6 Å². The highest BCUT2D eigenvalue weighted by molar-refractivity contribution is 7.92. The number of nitrogens with one attached hydrogen (secondary N) is 1. The number of carbonyl (C=O) groups is 1. The van der Waals surface area contributed by atoms with Crippen molar-refractivity contribution in [2.24, 2.45) is 0 Å². The monoisotopic (exact) mass is 478 g/mol. The standard InChI is InChI=1S/C23H18F4N2O3S/c24-19-12-11-16(33(31,32)29-13-5-7-15-6-1-4-10-21(15)29)14-17(19)22(30)28-20-9-3-2-8-18(20)23(25,26)27/h1-4,6,8-12,14H,5,7,13H2,(H,28,30). The van der Waals surface area contributed by atoms with E-state index < -0.39 is 44.7 Å². The third kappa shape index (κ3) is 4.43. The fraction of sp³-hybridized carbons (Fsp3) is 0.174. The highest BCUT2D eigenvalue weighted by Gasteiger charge is 2.34. The van der Waals surface area contributed by atoms with Gasteiger partial charge in [0.05, 0.1) is 27.4 Å². The lowest BCUT2D eigenvalue weighted by molar-refractivity contribution is -0.136. The first-order chi connectivity index (χ1) is 15.6. The lowest BCUT2D eigenvalue weighted by Crippen LogP contribution is -2.35. The molecule has 0 bridgehead atoms. The molecule has 4 rings (SSSR count). The maximum absolute atomic E-state index is 14.4. The molecular weight excluding hydrogens is 460 g/mol. The summed E-state index contributed by atoms with van der Waals surface area (Å²) in [5.41, 5.74) is -1.01. The number of nitrogens with zero attached hydrogens (tertiary/aromatic N) is 1. The van der Waals surface area contributed by atoms with Crippen LogP contribution in [0.5, 0.6) is 0 Å². The van der Waals surface area contributed by atoms with Crippen LogP contribution in [0.3, 0.4) is 0 Å². The van der Waals surface area contributed by atoms with E-state index in [1.165, 1.54) is 10.4 Å². The highest BCUT2D eigenvalue weighted by Crippen LogP contribution is 2.35. The first-order valence-electron chi connectivity index (χ1n) is 9.97. The fourth-order valence-corrected chi connectivity index (χ4v) is 5.31. The summed E-state index contributed by atoms with van der Waals surface area (Å²) in [7, 11) is -4.15. The summed E-state index contributed by atoms with van der Waals surface area (Å²) in [4.78, 5) is 12.3. The number of amides is 1. The van der Waals surface area contributed by atoms with Crippen molar-refractivity contribution in [1.82, 2.24) is 0 Å². The van der Waals surface area contributed by atoms with Gasteiger partial charge in [-0.3, -0.25) is 9.10 Å². The van der Waals surface area contributed by atoms with E-state index in [0.29, 0.717) is 18.5 Å². The lowest BCUT2D eigenvalue weighted by Gasteiger charge is -2.30. The van der Waals surface area contributed by atoms with E-state index in [-0.39, 0.29) is 11.4 Å². The van der Waals surface area contributed by atoms with Crippen molar-refractivity contribution in [2.75, 3.05) is 16.2 Å². The number of sulfonamides is 1. The molecule has 0 fully saturated rings. The van der Waals surface area contributed by atoms with Crippen LogP contribution in [0, 0.1) is 5.82 Å². The second-order valence-electron chi connectivity index (χ2n) is 7.45. The van der Waals surface area contributed by atoms with Crippen molar-refractivity contribution < 1.29 is 30.8 Å². The number of halogens is 4. The molecule has 0 aromatic heterocycles. The highest BCUT2D eigenvalue weighted by atomic mass is 32.2. The fourth-order valence-electron chi connectivity index (χ4n) is 3.74. The van der Waals surface area contributed by atoms with Gasteiger partial charge in [-0.2, -0.15) is 13.2 Å². The second kappa shape index (κ2) is 8.51. The third-order valence-electron chi connectivity index (χ3n) is 5.32. The van der Waals surface area contributed by atoms with Crippen molar-refractivity contribution >= 4 is 27.3 Å². The molecule has 1 aliphatic rings. The lowest BCUT2D eigenvalue weighted by atomic mass is 10.0. The Morgan fingerprint density at radius 1 is 0.970 bits per heavy atom. The van der Waals surface area contributed by atoms with E-state index in [1.807, 2.05) is 11.4 Å². The summed E-state index contributed by atoms with van der Waals surface area (Å²) in [6.07, 6.45) is -3.45. The van der Waals surface area contributed by atoms with Crippen LogP contribution < -0.4 is 9.62 Å². The number of benzene rings is 3. The van der Waals surface area contributed by atoms with Crippen LogP contribution in [-0.4, -0.2) is 20.9 Å². The predicted octanol–water partition coefficient (Wildman–Crippen LogP) is 5.24. The third-order valence-corrected chi connectivity index (χ3v) is 7.13. The Morgan fingerprint density at radius 3 is 2.42 bits per heavy atom. The molecule has 1 amide bonds. The molecule has 0 aliphatic carbocycles. The maximum Gasteiger partial charge on any atom is 0.418 e. The van der Waals surface area contributed by atoms with Crippen LogP contribution in [0.2, 0.25) is 0 Å². The SMILES string of the molecule is O=C(Nc1ccccc1C(F)(F)F)c1cc(S(=O)(=O)N2CCCc3ccccc32)ccc1F. The van der Waals surface area contributed by atoms with Crippen molar-refractivity contribution in [3.05, 3.63) is 89.2 Å². The van der Waals surface area contributed by atoms with Gasteiger partial charge in [-0.1, -0.05) is 30.3 Å². The minimum absolute atomic E-state index is 0.206. The smallest absolute Gasteiger partial charge is 0.321 e. The number of hydrogen-bond acceptors (Lipinski definition) is 3. The molecule has 1 N–H and O–H groups in total. The Labute approximate surface area is 187 Å². The maximum atomic E-state index is 14.4. The molecular formula is C23H18F4N2O3S. The van der Waals surface area contributed by atoms with E-state index in [0.717, 1.165) is 42.0 Å². The van der Waals surface area contributed by atoms with Crippen LogP contribution in [0.25, 0.3) is 0 Å². The number of carbonyl (C=O) groups excluding carboxylic acids is 1. The average Bonchev–Trinajstić information content (AvgIpc) is 2.78. The number of alkyl halides is 3. The van der Waals surface area contributed by atoms with Gasteiger partial charge in [-0.15, -0.1) is 0 Å². The average molecular weight is 478 g/mol. The zero-order valence-electron chi connectivity index (χ0n) is 17.1. The van der Waals surface area contributed by atoms with Crippen LogP contribution in [0.4, 0.5) is 28.9 Å². The van der Waals surface area contributed by atoms with Gasteiger partial charge in [0.1, 0.15) is 5.82 Å². The molecule has 3 aromatic carbocycles. The van der Waals surface area contributed by atoms with Crippen LogP contribution in [0.15, 0.2) is 71.6 Å². The molecule has 5 nitrogen and oxygen atoms in total. The topological polar surface area (TPSA) is 66.5 Å². The minimum Gasteiger partial charge on any atom is -0.321 e. The predicted molar refractivity (Wildman–Crippen MR) is 115 cm³/mol. The van der Waals surface area contributed by atoms with Gasteiger partial charge < -0.3 is 5.32 Å². The van der Waals surface area contributed by atoms with Gasteiger partial charge in [-0.25, -0.2) is 12.8 Å². The molecule has 33 heavy (non-hydrogen) atoms. The van der Waals surface area contributed by atoms with Gasteiger partial charge in [0.15, 0.2) is 0 Å². The summed E-state index contributed by atoms with van der Waals surface area (Å²) in [6, 6.07) is 13.9. The Hall–Kier alpha value is -3.40. The Kier molecular flexibility index (Phi) is 5.87. The molecule has 0 unspecified atom stereocenters. The molecule has 1 aliphatic heterocycles. The molecule has 0 atom stereocenters. The van der Waals surface area contributed by atoms with Crippen LogP contribution in [0.1, 0.15) is 27.9 Å². The molecule has 172 valence electrons. The van der Waals surface area contributed by atoms with E-state index in [9.17, 15) is 30.8 Å². The number of para-hydroxylation sites is 2. The molecule has 10 heteroatoms. The summed E-state index contributed by atoms with van der Waals surface area (Å²) >= 11 is 0. The first-order valence-corrected chi connectivity index (χ1v) is 11.4. The largest absolute Gasteiger partial charge is 0.418 e. The summed E-state index contributed by atoms with van der Waals surface area (Å²) in [6.45, 7) is 0.206. The van der Waals surface area contributed by atoms with Gasteiger partial charge in [-0.05, 0) is 54.8 Å².